The van der Waals surface area contributed by atoms with Crippen LogP contribution in [0, 0.1) is 34.9 Å². The van der Waals surface area contributed by atoms with E-state index in [0.29, 0.717) is 52.9 Å². The number of anilines is 2. The molecule has 4 saturated heterocycles. The van der Waals surface area contributed by atoms with Gasteiger partial charge < -0.3 is 24.8 Å². The van der Waals surface area contributed by atoms with E-state index < -0.39 is 35.5 Å². The monoisotopic (exact) mass is 837 g/mol. The number of nitriles is 1. The number of hydrogen-bond donors (Lipinski definition) is 2. The van der Waals surface area contributed by atoms with Gasteiger partial charge in [-0.15, -0.1) is 10.2 Å². The molecule has 15 nitrogen and oxygen atoms in total. The number of rotatable bonds is 9. The number of hydrogen-bond acceptors (Lipinski definition) is 12. The van der Waals surface area contributed by atoms with E-state index in [1.165, 1.54) is 6.07 Å². The van der Waals surface area contributed by atoms with Crippen molar-refractivity contribution in [1.29, 1.82) is 5.26 Å². The molecule has 1 aromatic heterocycles. The molecule has 3 aromatic rings. The molecule has 0 spiro atoms. The number of likely N-dealkylation sites (tertiary alicyclic amines) is 1. The van der Waals surface area contributed by atoms with Gasteiger partial charge in [0.25, 0.3) is 17.7 Å². The molecular formula is C43H45ClFN9O6. The van der Waals surface area contributed by atoms with E-state index in [2.05, 4.69) is 30.6 Å². The van der Waals surface area contributed by atoms with Gasteiger partial charge in [-0.25, -0.2) is 4.39 Å². The van der Waals surface area contributed by atoms with Gasteiger partial charge in [-0.3, -0.25) is 34.2 Å². The molecule has 1 aliphatic carbocycles. The number of fused-ring (bicyclic) bond motifs is 2. The summed E-state index contributed by atoms with van der Waals surface area (Å²) in [5, 5.41) is 23.5. The van der Waals surface area contributed by atoms with Gasteiger partial charge in [0.1, 0.15) is 23.7 Å². The van der Waals surface area contributed by atoms with Crippen molar-refractivity contribution >= 4 is 52.6 Å². The Hall–Kier alpha value is -5.66. The molecule has 3 atom stereocenters. The third kappa shape index (κ3) is 7.88. The second-order valence-corrected chi connectivity index (χ2v) is 17.4. The first-order chi connectivity index (χ1) is 29.0. The van der Waals surface area contributed by atoms with Gasteiger partial charge in [0.05, 0.1) is 33.5 Å². The standard InChI is InChI=1S/C43H45ClFN9O6/c44-33-15-30(4-1-25(33)18-46)60-29-5-2-28(3-6-29)47-40(56)35-7-9-38(50-49-35)53-22-26-20-51(21-27(26)23-53)19-24-11-13-52(14-12-24)37-17-32-31(16-34(37)45)42(58)54(43(32)59)36-8-10-39(55)48-41(36)57/h1,4,7,9,15-17,24,26-29,36H,2-3,5-6,8,10-14,19-23H2,(H,47,56)(H,48,55,57). The maximum absolute atomic E-state index is 15.5. The van der Waals surface area contributed by atoms with Crippen LogP contribution in [0.5, 0.6) is 5.75 Å². The Labute approximate surface area is 351 Å². The quantitative estimate of drug-likeness (QED) is 0.297. The summed E-state index contributed by atoms with van der Waals surface area (Å²) < 4.78 is 21.5. The smallest absolute Gasteiger partial charge is 0.272 e. The van der Waals surface area contributed by atoms with Gasteiger partial charge in [-0.2, -0.15) is 5.26 Å². The van der Waals surface area contributed by atoms with Crippen molar-refractivity contribution < 1.29 is 33.1 Å². The minimum absolute atomic E-state index is 0.0102. The van der Waals surface area contributed by atoms with Crippen LogP contribution in [0.1, 0.15) is 88.1 Å². The number of carbonyl (C=O) groups is 5. The number of carbonyl (C=O) groups excluding carboxylic acids is 5. The lowest BCUT2D eigenvalue weighted by molar-refractivity contribution is -0.136. The summed E-state index contributed by atoms with van der Waals surface area (Å²) in [5.74, 6) is -0.462. The molecule has 6 heterocycles. The minimum Gasteiger partial charge on any atom is -0.490 e. The van der Waals surface area contributed by atoms with Crippen LogP contribution in [0.2, 0.25) is 5.02 Å². The fourth-order valence-electron chi connectivity index (χ4n) is 9.92. The summed E-state index contributed by atoms with van der Waals surface area (Å²) in [5.41, 5.74) is 1.01. The molecule has 5 fully saturated rings. The summed E-state index contributed by atoms with van der Waals surface area (Å²) in [7, 11) is 0. The van der Waals surface area contributed by atoms with E-state index >= 15 is 4.39 Å². The van der Waals surface area contributed by atoms with Gasteiger partial charge >= 0.3 is 0 Å². The second kappa shape index (κ2) is 16.4. The van der Waals surface area contributed by atoms with Crippen LogP contribution in [0.15, 0.2) is 42.5 Å². The number of halogens is 2. The molecule has 0 radical (unpaired) electrons. The second-order valence-electron chi connectivity index (χ2n) is 17.0. The third-order valence-electron chi connectivity index (χ3n) is 13.1. The minimum atomic E-state index is -1.10. The fourth-order valence-corrected chi connectivity index (χ4v) is 10.1. The van der Waals surface area contributed by atoms with Crippen molar-refractivity contribution in [1.82, 2.24) is 30.6 Å². The molecule has 6 aliphatic rings. The number of piperidine rings is 2. The highest BCUT2D eigenvalue weighted by Crippen LogP contribution is 2.37. The Morgan fingerprint density at radius 1 is 0.883 bits per heavy atom. The Balaban J connectivity index is 0.709. The number of benzene rings is 2. The molecule has 9 rings (SSSR count). The lowest BCUT2D eigenvalue weighted by Gasteiger charge is -2.35. The number of aromatic nitrogens is 2. The van der Waals surface area contributed by atoms with E-state index in [4.69, 9.17) is 21.6 Å². The summed E-state index contributed by atoms with van der Waals surface area (Å²) in [6.45, 7) is 5.93. The van der Waals surface area contributed by atoms with Crippen molar-refractivity contribution in [3.05, 3.63) is 75.7 Å². The van der Waals surface area contributed by atoms with Crippen molar-refractivity contribution in [2.75, 3.05) is 55.6 Å². The average Bonchev–Trinajstić information content (AvgIpc) is 3.88. The Morgan fingerprint density at radius 2 is 1.60 bits per heavy atom. The first-order valence-electron chi connectivity index (χ1n) is 20.8. The zero-order chi connectivity index (χ0) is 41.7. The average molecular weight is 838 g/mol. The molecule has 0 bridgehead atoms. The van der Waals surface area contributed by atoms with E-state index in [0.717, 1.165) is 88.0 Å². The van der Waals surface area contributed by atoms with Crippen LogP contribution in [0.3, 0.4) is 0 Å². The van der Waals surface area contributed by atoms with E-state index in [1.807, 2.05) is 17.0 Å². The number of ether oxygens (including phenoxy) is 1. The summed E-state index contributed by atoms with van der Waals surface area (Å²) >= 11 is 6.15. The van der Waals surface area contributed by atoms with Crippen molar-refractivity contribution in [3.8, 4) is 11.8 Å². The first-order valence-corrected chi connectivity index (χ1v) is 21.2. The topological polar surface area (TPSA) is 181 Å². The van der Waals surface area contributed by atoms with Gasteiger partial charge in [-0.05, 0) is 99.1 Å². The molecule has 312 valence electrons. The van der Waals surface area contributed by atoms with Gasteiger partial charge in [0.2, 0.25) is 11.8 Å². The molecule has 60 heavy (non-hydrogen) atoms. The Morgan fingerprint density at radius 3 is 2.25 bits per heavy atom. The van der Waals surface area contributed by atoms with Crippen molar-refractivity contribution in [3.63, 3.8) is 0 Å². The molecule has 2 N–H and O–H groups in total. The third-order valence-corrected chi connectivity index (χ3v) is 13.4. The molecule has 3 unspecified atom stereocenters. The van der Waals surface area contributed by atoms with E-state index in [1.54, 1.807) is 24.3 Å². The maximum atomic E-state index is 15.5. The van der Waals surface area contributed by atoms with Crippen LogP contribution in [-0.4, -0.2) is 114 Å². The number of imide groups is 2. The summed E-state index contributed by atoms with van der Waals surface area (Å²) in [4.78, 5) is 71.2. The summed E-state index contributed by atoms with van der Waals surface area (Å²) in [6, 6.07) is 12.2. The largest absolute Gasteiger partial charge is 0.490 e. The first kappa shape index (κ1) is 39.8. The maximum Gasteiger partial charge on any atom is 0.272 e. The van der Waals surface area contributed by atoms with E-state index in [-0.39, 0.29) is 47.7 Å². The predicted molar refractivity (Wildman–Crippen MR) is 216 cm³/mol. The molecule has 1 saturated carbocycles. The molecule has 5 amide bonds. The molecule has 17 heteroatoms. The zero-order valence-electron chi connectivity index (χ0n) is 32.9. The lowest BCUT2D eigenvalue weighted by Crippen LogP contribution is -2.54. The van der Waals surface area contributed by atoms with Crippen LogP contribution >= 0.6 is 11.6 Å². The van der Waals surface area contributed by atoms with Crippen LogP contribution in [0.25, 0.3) is 0 Å². The van der Waals surface area contributed by atoms with Crippen molar-refractivity contribution in [2.24, 2.45) is 17.8 Å². The van der Waals surface area contributed by atoms with Crippen LogP contribution < -0.4 is 25.2 Å². The highest BCUT2D eigenvalue weighted by molar-refractivity contribution is 6.31. The number of nitrogens with one attached hydrogen (secondary N) is 2. The van der Waals surface area contributed by atoms with E-state index in [9.17, 15) is 24.0 Å². The highest BCUT2D eigenvalue weighted by Gasteiger charge is 2.46. The molecular weight excluding hydrogens is 793 g/mol. The lowest BCUT2D eigenvalue weighted by atomic mass is 9.93. The summed E-state index contributed by atoms with van der Waals surface area (Å²) in [6.07, 6.45) is 4.92. The van der Waals surface area contributed by atoms with Crippen LogP contribution in [-0.2, 0) is 9.59 Å². The normalized spacial score (nSPS) is 25.9. The predicted octanol–water partition coefficient (Wildman–Crippen LogP) is 3.95. The molecule has 2 aromatic carbocycles. The Bertz CT molecular complexity index is 2260. The van der Waals surface area contributed by atoms with Gasteiger partial charge in [0, 0.05) is 64.3 Å². The number of nitrogens with zero attached hydrogens (tertiary/aromatic N) is 7. The number of amides is 5. The molecule has 5 aliphatic heterocycles. The highest BCUT2D eigenvalue weighted by atomic mass is 35.5. The SMILES string of the molecule is N#Cc1ccc(OC2CCC(NC(=O)c3ccc(N4CC5CN(CC6CCN(c7cc8c(cc7F)C(=O)N(C7CCC(=O)NC7=O)C8=O)CC6)CC5C4)nn3)CC2)cc1Cl. The fraction of sp³-hybridized carbons (Fsp3) is 0.488. The van der Waals surface area contributed by atoms with Gasteiger partial charge in [0.15, 0.2) is 11.5 Å². The van der Waals surface area contributed by atoms with Crippen LogP contribution in [0.4, 0.5) is 15.9 Å². The Kier molecular flexibility index (Phi) is 10.9. The van der Waals surface area contributed by atoms with Gasteiger partial charge in [-0.1, -0.05) is 11.6 Å². The van der Waals surface area contributed by atoms with Crippen molar-refractivity contribution in [2.45, 2.75) is 69.6 Å². The zero-order valence-corrected chi connectivity index (χ0v) is 33.7.